The molecule has 3 aliphatic heterocycles. The molecule has 8 atom stereocenters. The Hall–Kier alpha value is -5.55. The van der Waals surface area contributed by atoms with Crippen LogP contribution in [-0.2, 0) is 33.6 Å². The molecule has 3 rings (SSSR count). The van der Waals surface area contributed by atoms with E-state index in [2.05, 4.69) is 4.99 Å². The number of carboxylic acid groups (broad SMARTS) is 5. The van der Waals surface area contributed by atoms with Gasteiger partial charge in [-0.05, 0) is 54.1 Å². The predicted molar refractivity (Wildman–Crippen MR) is 239 cm³/mol. The van der Waals surface area contributed by atoms with Gasteiger partial charge in [-0.1, -0.05) is 62.3 Å². The molecule has 64 heavy (non-hydrogen) atoms. The molecule has 0 aromatic rings. The van der Waals surface area contributed by atoms with Crippen molar-refractivity contribution >= 4 is 65.0 Å². The molecule has 0 aliphatic carbocycles. The topological polar surface area (TPSA) is 334 Å². The highest BCUT2D eigenvalue weighted by atomic mass is 16.4. The number of nitrogens with one attached hydrogen (secondary N) is 1. The van der Waals surface area contributed by atoms with Crippen molar-refractivity contribution in [3.05, 3.63) is 22.5 Å². The Morgan fingerprint density at radius 1 is 0.797 bits per heavy atom. The van der Waals surface area contributed by atoms with Crippen molar-refractivity contribution in [2.45, 2.75) is 145 Å². The predicted octanol–water partition coefficient (Wildman–Crippen LogP) is 6.16. The average molecular weight is 897 g/mol. The molecule has 18 nitrogen and oxygen atoms in total. The zero-order chi connectivity index (χ0) is 48.9. The van der Waals surface area contributed by atoms with Crippen molar-refractivity contribution in [2.24, 2.45) is 77.7 Å². The number of rotatable bonds is 27. The number of carbonyl (C=O) groups excluding carboxylic acids is 2. The lowest BCUT2D eigenvalue weighted by molar-refractivity contribution is -0.140. The van der Waals surface area contributed by atoms with Crippen molar-refractivity contribution < 1.29 is 59.1 Å². The smallest absolute Gasteiger partial charge is 0.303 e. The average Bonchev–Trinajstić information content (AvgIpc) is 3.71. The minimum atomic E-state index is -1.23. The number of aliphatic imine (C=N–C) groups is 3. The molecule has 0 saturated heterocycles. The first kappa shape index (κ1) is 52.8. The maximum atomic E-state index is 12.9. The first-order valence-electron chi connectivity index (χ1n) is 21.8. The van der Waals surface area contributed by atoms with Crippen LogP contribution >= 0.6 is 0 Å². The Morgan fingerprint density at radius 3 is 1.83 bits per heavy atom. The molecule has 0 fully saturated rings. The summed E-state index contributed by atoms with van der Waals surface area (Å²) >= 11 is 0. The summed E-state index contributed by atoms with van der Waals surface area (Å²) < 4.78 is 0. The number of hydrogen-bond acceptors (Lipinski definition) is 11. The molecule has 2 amide bonds. The van der Waals surface area contributed by atoms with E-state index in [1.165, 1.54) is 0 Å². The molecular formula is C46H68N6O12. The van der Waals surface area contributed by atoms with E-state index in [9.17, 15) is 59.1 Å². The van der Waals surface area contributed by atoms with Crippen molar-refractivity contribution in [2.75, 3.05) is 0 Å². The fourth-order valence-electron chi connectivity index (χ4n) is 10.6. The zero-order valence-electron chi connectivity index (χ0n) is 38.6. The van der Waals surface area contributed by atoms with Crippen LogP contribution in [0.25, 0.3) is 0 Å². The second-order valence-electron chi connectivity index (χ2n) is 19.5. The highest BCUT2D eigenvalue weighted by molar-refractivity contribution is 6.02. The summed E-state index contributed by atoms with van der Waals surface area (Å²) in [5.41, 5.74) is 10.6. The third-order valence-electron chi connectivity index (χ3n) is 14.4. The van der Waals surface area contributed by atoms with Crippen LogP contribution in [-0.4, -0.2) is 96.6 Å². The molecule has 0 saturated carbocycles. The van der Waals surface area contributed by atoms with Crippen molar-refractivity contribution in [3.63, 3.8) is 0 Å². The van der Waals surface area contributed by atoms with E-state index >= 15 is 0 Å². The molecule has 0 bridgehead atoms. The van der Waals surface area contributed by atoms with Crippen LogP contribution in [0.2, 0.25) is 0 Å². The first-order chi connectivity index (χ1) is 29.4. The number of carboxylic acids is 5. The summed E-state index contributed by atoms with van der Waals surface area (Å²) in [7, 11) is 0. The number of primary amides is 2. The number of allylic oxidation sites excluding steroid dienone is 4. The number of carbonyl (C=O) groups is 7. The molecule has 3 aliphatic rings. The van der Waals surface area contributed by atoms with Gasteiger partial charge in [0, 0.05) is 114 Å². The van der Waals surface area contributed by atoms with Crippen LogP contribution in [0.15, 0.2) is 37.5 Å². The van der Waals surface area contributed by atoms with Gasteiger partial charge in [-0.25, -0.2) is 0 Å². The van der Waals surface area contributed by atoms with Gasteiger partial charge in [-0.2, -0.15) is 0 Å². The Balaban J connectivity index is 2.39. The summed E-state index contributed by atoms with van der Waals surface area (Å²) in [6, 6.07) is -0.900. The minimum absolute atomic E-state index is 0.00732. The Morgan fingerprint density at radius 2 is 1.34 bits per heavy atom. The molecule has 354 valence electrons. The van der Waals surface area contributed by atoms with E-state index in [4.69, 9.17) is 26.9 Å². The molecule has 0 aromatic carbocycles. The lowest BCUT2D eigenvalue weighted by Crippen LogP contribution is -2.49. The van der Waals surface area contributed by atoms with Gasteiger partial charge in [-0.3, -0.25) is 48.5 Å². The molecule has 10 N–H and O–H groups in total. The zero-order valence-corrected chi connectivity index (χ0v) is 38.6. The van der Waals surface area contributed by atoms with Gasteiger partial charge in [0.05, 0.1) is 12.5 Å². The van der Waals surface area contributed by atoms with E-state index in [0.717, 1.165) is 0 Å². The lowest BCUT2D eigenvalue weighted by atomic mass is 9.56. The van der Waals surface area contributed by atoms with E-state index in [0.29, 0.717) is 34.0 Å². The van der Waals surface area contributed by atoms with Crippen LogP contribution in [0.3, 0.4) is 0 Å². The minimum Gasteiger partial charge on any atom is -0.481 e. The number of amides is 2. The maximum absolute atomic E-state index is 12.9. The normalized spacial score (nSPS) is 25.1. The Bertz CT molecular complexity index is 2080. The van der Waals surface area contributed by atoms with Gasteiger partial charge in [0.1, 0.15) is 0 Å². The summed E-state index contributed by atoms with van der Waals surface area (Å²) in [5, 5.41) is 58.9. The Kier molecular flexibility index (Phi) is 16.9. The number of nitrogens with two attached hydrogens (primary N) is 2. The van der Waals surface area contributed by atoms with Gasteiger partial charge < -0.3 is 42.4 Å². The quantitative estimate of drug-likeness (QED) is 0.0430. The standard InChI is InChI=1S/C46H68N6O12/c1-23(2)39(49)27(11-14-35(57)58)46(9,21-33(48)54)25(4)41-29(18-38(63)64)45(8,17-16-37(61)62)42(52-41)24(3)40-28(12-15-36(59)60)43(5,6)31(51-40)19-30-26(10-13-34(55)56)44(7,22-50-30)20-32(47)53/h22-25,27,29,41,49H,10-21H2,1-9H3,(H2,47,53)(H2,48,54)(H,55,56)(H,57,58)(H,59,60)(H,61,62)(H,63,64). The van der Waals surface area contributed by atoms with Gasteiger partial charge in [0.15, 0.2) is 0 Å². The molecular weight excluding hydrogens is 829 g/mol. The summed E-state index contributed by atoms with van der Waals surface area (Å²) in [4.78, 5) is 101. The summed E-state index contributed by atoms with van der Waals surface area (Å²) in [5.74, 6) is -10.3. The monoisotopic (exact) mass is 896 g/mol. The Labute approximate surface area is 374 Å². The van der Waals surface area contributed by atoms with Gasteiger partial charge >= 0.3 is 29.8 Å². The number of aliphatic carboxylic acids is 5. The van der Waals surface area contributed by atoms with Gasteiger partial charge in [0.25, 0.3) is 0 Å². The molecule has 0 spiro atoms. The van der Waals surface area contributed by atoms with Crippen LogP contribution in [0, 0.1) is 56.7 Å². The van der Waals surface area contributed by atoms with Crippen LogP contribution in [0.4, 0.5) is 0 Å². The van der Waals surface area contributed by atoms with Gasteiger partial charge in [0.2, 0.25) is 11.8 Å². The second kappa shape index (κ2) is 20.5. The molecule has 18 heteroatoms. The molecule has 0 aromatic heterocycles. The third kappa shape index (κ3) is 11.8. The second-order valence-corrected chi connectivity index (χ2v) is 19.5. The fraction of sp³-hybridized carbons (Fsp3) is 0.674. The van der Waals surface area contributed by atoms with E-state index in [1.807, 2.05) is 20.8 Å². The van der Waals surface area contributed by atoms with Gasteiger partial charge in [-0.15, -0.1) is 0 Å². The van der Waals surface area contributed by atoms with E-state index in [-0.39, 0.29) is 82.3 Å². The number of hydrogen-bond donors (Lipinski definition) is 8. The highest BCUT2D eigenvalue weighted by Crippen LogP contribution is 2.56. The van der Waals surface area contributed by atoms with E-state index < -0.39 is 99.5 Å². The van der Waals surface area contributed by atoms with Crippen molar-refractivity contribution in [1.29, 1.82) is 5.41 Å². The largest absolute Gasteiger partial charge is 0.481 e. The molecule has 3 heterocycles. The SMILES string of the molecule is CC(C)C(=N)C(CCC(=O)O)C(C)(CC(N)=O)C(C)C1N=C(C(C)C2=C(CCC(=O)O)C(C)(C)C(CC3=C(CCC(=O)O)C(C)(CC(N)=O)C=N3)=N2)C(C)(CCC(=O)O)C1CC(=O)O. The van der Waals surface area contributed by atoms with Crippen LogP contribution in [0.1, 0.15) is 139 Å². The highest BCUT2D eigenvalue weighted by Gasteiger charge is 2.57. The summed E-state index contributed by atoms with van der Waals surface area (Å²) in [6.07, 6.45) is -0.271. The summed E-state index contributed by atoms with van der Waals surface area (Å²) in [6.45, 7) is 16.2. The molecule has 8 unspecified atom stereocenters. The van der Waals surface area contributed by atoms with Crippen LogP contribution in [0.5, 0.6) is 0 Å². The fourth-order valence-corrected chi connectivity index (χ4v) is 10.6. The first-order valence-corrected chi connectivity index (χ1v) is 21.8. The van der Waals surface area contributed by atoms with Crippen LogP contribution < -0.4 is 11.5 Å². The van der Waals surface area contributed by atoms with E-state index in [1.54, 1.807) is 47.8 Å². The molecule has 0 radical (unpaired) electrons. The number of nitrogens with zero attached hydrogens (tertiary/aromatic N) is 3. The maximum Gasteiger partial charge on any atom is 0.303 e. The van der Waals surface area contributed by atoms with Crippen molar-refractivity contribution in [3.8, 4) is 0 Å². The van der Waals surface area contributed by atoms with Crippen molar-refractivity contribution in [1.82, 2.24) is 0 Å². The lowest BCUT2D eigenvalue weighted by Gasteiger charge is -2.47. The third-order valence-corrected chi connectivity index (χ3v) is 14.4.